The smallest absolute Gasteiger partial charge is 0.0954 e. The summed E-state index contributed by atoms with van der Waals surface area (Å²) in [6, 6.07) is 8.50. The number of rotatable bonds is 3. The molecule has 0 aliphatic rings. The van der Waals surface area contributed by atoms with E-state index in [0.717, 1.165) is 22.8 Å². The lowest BCUT2D eigenvalue weighted by atomic mass is 10.1. The number of aromatic nitrogens is 2. The molecule has 2 aromatic heterocycles. The Morgan fingerprint density at radius 2 is 2.11 bits per heavy atom. The maximum atomic E-state index is 4.45. The van der Waals surface area contributed by atoms with Crippen LogP contribution in [-0.4, -0.2) is 9.97 Å². The van der Waals surface area contributed by atoms with Crippen LogP contribution in [0.5, 0.6) is 0 Å². The molecular weight excluding hydrogens is 320 g/mol. The fraction of sp³-hybridized carbons (Fsp3) is 0.200. The van der Waals surface area contributed by atoms with Crippen LogP contribution in [0.1, 0.15) is 16.8 Å². The van der Waals surface area contributed by atoms with Gasteiger partial charge in [-0.25, -0.2) is 4.98 Å². The van der Waals surface area contributed by atoms with Crippen LogP contribution in [0.15, 0.2) is 40.4 Å². The molecule has 0 bridgehead atoms. The van der Waals surface area contributed by atoms with Crippen molar-refractivity contribution in [3.8, 4) is 0 Å². The molecule has 0 unspecified atom stereocenters. The number of nitrogens with zero attached hydrogens (tertiary/aromatic N) is 2. The summed E-state index contributed by atoms with van der Waals surface area (Å²) < 4.78 is 2.32. The van der Waals surface area contributed by atoms with Gasteiger partial charge in [-0.2, -0.15) is 0 Å². The molecule has 0 spiro atoms. The lowest BCUT2D eigenvalue weighted by molar-refractivity contribution is 0.901. The van der Waals surface area contributed by atoms with Crippen LogP contribution in [0.25, 0.3) is 10.2 Å². The molecule has 96 valence electrons. The zero-order chi connectivity index (χ0) is 13.2. The molecule has 1 aromatic carbocycles. The van der Waals surface area contributed by atoms with E-state index in [1.807, 2.05) is 17.8 Å². The minimum Gasteiger partial charge on any atom is -0.261 e. The zero-order valence-electron chi connectivity index (χ0n) is 10.6. The number of aryl methyl sites for hydroxylation is 3. The predicted octanol–water partition coefficient (Wildman–Crippen LogP) is 4.55. The van der Waals surface area contributed by atoms with Crippen molar-refractivity contribution in [3.63, 3.8) is 0 Å². The first-order chi connectivity index (χ1) is 9.24. The second-order valence-electron chi connectivity index (χ2n) is 4.54. The fourth-order valence-corrected chi connectivity index (χ4v) is 3.67. The van der Waals surface area contributed by atoms with Crippen molar-refractivity contribution >= 4 is 37.5 Å². The van der Waals surface area contributed by atoms with Gasteiger partial charge < -0.3 is 0 Å². The standard InChI is InChI=1S/C15H13BrN2S/c1-10-3-2-6-17-13(10)5-4-11-7-12(16)15-14(8-11)19-9-18-15/h2-3,6-9H,4-5H2,1H3. The zero-order valence-corrected chi connectivity index (χ0v) is 13.0. The van der Waals surface area contributed by atoms with Crippen molar-refractivity contribution < 1.29 is 0 Å². The molecule has 0 saturated carbocycles. The highest BCUT2D eigenvalue weighted by atomic mass is 79.9. The van der Waals surface area contributed by atoms with Gasteiger partial charge in [-0.3, -0.25) is 4.98 Å². The maximum absolute atomic E-state index is 4.45. The number of halogens is 1. The molecular formula is C15H13BrN2S. The summed E-state index contributed by atoms with van der Waals surface area (Å²) in [5.74, 6) is 0. The van der Waals surface area contributed by atoms with Gasteiger partial charge in [0.25, 0.3) is 0 Å². The van der Waals surface area contributed by atoms with Crippen molar-refractivity contribution in [3.05, 3.63) is 57.3 Å². The summed E-state index contributed by atoms with van der Waals surface area (Å²) in [4.78, 5) is 8.80. The number of fused-ring (bicyclic) bond motifs is 1. The normalized spacial score (nSPS) is 11.1. The highest BCUT2D eigenvalue weighted by Gasteiger charge is 2.06. The second kappa shape index (κ2) is 5.39. The molecule has 0 aliphatic carbocycles. The van der Waals surface area contributed by atoms with Crippen LogP contribution in [0, 0.1) is 6.92 Å². The Bertz CT molecular complexity index is 721. The van der Waals surface area contributed by atoms with Crippen molar-refractivity contribution in [2.45, 2.75) is 19.8 Å². The summed E-state index contributed by atoms with van der Waals surface area (Å²) >= 11 is 5.28. The van der Waals surface area contributed by atoms with Crippen molar-refractivity contribution in [1.29, 1.82) is 0 Å². The molecule has 0 N–H and O–H groups in total. The highest BCUT2D eigenvalue weighted by molar-refractivity contribution is 9.10. The van der Waals surface area contributed by atoms with Gasteiger partial charge in [-0.15, -0.1) is 11.3 Å². The molecule has 19 heavy (non-hydrogen) atoms. The lowest BCUT2D eigenvalue weighted by Crippen LogP contribution is -1.97. The van der Waals surface area contributed by atoms with E-state index in [9.17, 15) is 0 Å². The number of thiazole rings is 1. The van der Waals surface area contributed by atoms with E-state index >= 15 is 0 Å². The van der Waals surface area contributed by atoms with Gasteiger partial charge in [0.2, 0.25) is 0 Å². The first-order valence-electron chi connectivity index (χ1n) is 6.16. The van der Waals surface area contributed by atoms with Gasteiger partial charge in [0.05, 0.1) is 15.7 Å². The molecule has 0 atom stereocenters. The summed E-state index contributed by atoms with van der Waals surface area (Å²) in [5.41, 5.74) is 6.72. The average Bonchev–Trinajstić information content (AvgIpc) is 2.87. The minimum absolute atomic E-state index is 0.976. The Labute approximate surface area is 124 Å². The molecule has 4 heteroatoms. The topological polar surface area (TPSA) is 25.8 Å². The molecule has 2 heterocycles. The fourth-order valence-electron chi connectivity index (χ4n) is 2.17. The largest absolute Gasteiger partial charge is 0.261 e. The Kier molecular flexibility index (Phi) is 3.62. The Hall–Kier alpha value is -1.26. The monoisotopic (exact) mass is 332 g/mol. The molecule has 0 aliphatic heterocycles. The van der Waals surface area contributed by atoms with Crippen LogP contribution in [0.4, 0.5) is 0 Å². The van der Waals surface area contributed by atoms with Crippen molar-refractivity contribution in [2.24, 2.45) is 0 Å². The van der Waals surface area contributed by atoms with Gasteiger partial charge in [0.15, 0.2) is 0 Å². The van der Waals surface area contributed by atoms with Gasteiger partial charge >= 0.3 is 0 Å². The van der Waals surface area contributed by atoms with E-state index in [0.29, 0.717) is 0 Å². The first-order valence-corrected chi connectivity index (χ1v) is 7.83. The predicted molar refractivity (Wildman–Crippen MR) is 83.7 cm³/mol. The second-order valence-corrected chi connectivity index (χ2v) is 6.28. The lowest BCUT2D eigenvalue weighted by Gasteiger charge is -2.05. The molecule has 0 radical (unpaired) electrons. The summed E-state index contributed by atoms with van der Waals surface area (Å²) in [6.45, 7) is 2.12. The highest BCUT2D eigenvalue weighted by Crippen LogP contribution is 2.28. The van der Waals surface area contributed by atoms with E-state index < -0.39 is 0 Å². The van der Waals surface area contributed by atoms with E-state index in [-0.39, 0.29) is 0 Å². The first kappa shape index (κ1) is 12.8. The number of benzene rings is 1. The summed E-state index contributed by atoms with van der Waals surface area (Å²) in [7, 11) is 0. The number of pyridine rings is 1. The number of hydrogen-bond acceptors (Lipinski definition) is 3. The van der Waals surface area contributed by atoms with Crippen molar-refractivity contribution in [1.82, 2.24) is 9.97 Å². The molecule has 3 rings (SSSR count). The SMILES string of the molecule is Cc1cccnc1CCc1cc(Br)c2ncsc2c1. The molecule has 0 fully saturated rings. The van der Waals surface area contributed by atoms with Crippen LogP contribution in [0.2, 0.25) is 0 Å². The van der Waals surface area contributed by atoms with Gasteiger partial charge in [0, 0.05) is 16.4 Å². The minimum atomic E-state index is 0.976. The van der Waals surface area contributed by atoms with Crippen LogP contribution >= 0.6 is 27.3 Å². The van der Waals surface area contributed by atoms with Crippen LogP contribution in [0.3, 0.4) is 0 Å². The Morgan fingerprint density at radius 1 is 1.21 bits per heavy atom. The van der Waals surface area contributed by atoms with Crippen LogP contribution < -0.4 is 0 Å². The summed E-state index contributed by atoms with van der Waals surface area (Å²) in [5, 5.41) is 0. The van der Waals surface area contributed by atoms with E-state index in [1.54, 1.807) is 11.3 Å². The van der Waals surface area contributed by atoms with E-state index in [2.05, 4.69) is 51.0 Å². The molecule has 3 aromatic rings. The molecule has 0 saturated heterocycles. The third-order valence-corrected chi connectivity index (χ3v) is 4.60. The number of hydrogen-bond donors (Lipinski definition) is 0. The van der Waals surface area contributed by atoms with Crippen molar-refractivity contribution in [2.75, 3.05) is 0 Å². The van der Waals surface area contributed by atoms with Crippen LogP contribution in [-0.2, 0) is 12.8 Å². The Balaban J connectivity index is 1.84. The van der Waals surface area contributed by atoms with E-state index in [1.165, 1.54) is 21.5 Å². The molecule has 2 nitrogen and oxygen atoms in total. The molecule has 0 amide bonds. The Morgan fingerprint density at radius 3 is 2.95 bits per heavy atom. The van der Waals surface area contributed by atoms with Gasteiger partial charge in [0.1, 0.15) is 0 Å². The maximum Gasteiger partial charge on any atom is 0.0954 e. The quantitative estimate of drug-likeness (QED) is 0.703. The van der Waals surface area contributed by atoms with E-state index in [4.69, 9.17) is 0 Å². The average molecular weight is 333 g/mol. The van der Waals surface area contributed by atoms with Gasteiger partial charge in [-0.1, -0.05) is 6.07 Å². The third-order valence-electron chi connectivity index (χ3n) is 3.22. The third kappa shape index (κ3) is 2.69. The van der Waals surface area contributed by atoms with Gasteiger partial charge in [-0.05, 0) is 65.0 Å². The summed E-state index contributed by atoms with van der Waals surface area (Å²) in [6.07, 6.45) is 3.85.